The molecule has 0 heterocycles. The third-order valence-electron chi connectivity index (χ3n) is 4.70. The number of aliphatic carboxylic acids is 1. The summed E-state index contributed by atoms with van der Waals surface area (Å²) < 4.78 is 0. The number of hydrogen-bond acceptors (Lipinski definition) is 3. The molecule has 7 nitrogen and oxygen atoms in total. The summed E-state index contributed by atoms with van der Waals surface area (Å²) in [6, 6.07) is -0.851. The maximum Gasteiger partial charge on any atom is 0.326 e. The van der Waals surface area contributed by atoms with Crippen LogP contribution in [0.1, 0.15) is 103 Å². The number of hydrogen-bond donors (Lipinski definition) is 2. The molecule has 7 heteroatoms. The molecule has 0 aromatic heterocycles. The lowest BCUT2D eigenvalue weighted by Crippen LogP contribution is -2.40. The van der Waals surface area contributed by atoms with Gasteiger partial charge in [-0.3, -0.25) is 4.79 Å². The van der Waals surface area contributed by atoms with Crippen LogP contribution in [0.15, 0.2) is 5.11 Å². The molecular formula is C20H38N4O3. The quantitative estimate of drug-likeness (QED) is 0.128. The number of carboxylic acids is 1. The van der Waals surface area contributed by atoms with Crippen LogP contribution in [-0.2, 0) is 9.59 Å². The van der Waals surface area contributed by atoms with Crippen molar-refractivity contribution in [1.82, 2.24) is 5.32 Å². The predicted octanol–water partition coefficient (Wildman–Crippen LogP) is 5.74. The fourth-order valence-electron chi connectivity index (χ4n) is 3.05. The number of amides is 1. The van der Waals surface area contributed by atoms with Crippen LogP contribution < -0.4 is 5.32 Å². The van der Waals surface area contributed by atoms with Crippen LogP contribution in [0.3, 0.4) is 0 Å². The molecule has 1 atom stereocenters. The van der Waals surface area contributed by atoms with E-state index in [1.165, 1.54) is 51.4 Å². The van der Waals surface area contributed by atoms with Gasteiger partial charge < -0.3 is 10.4 Å². The average molecular weight is 383 g/mol. The first-order chi connectivity index (χ1) is 13.1. The van der Waals surface area contributed by atoms with Crippen LogP contribution in [0.5, 0.6) is 0 Å². The van der Waals surface area contributed by atoms with Gasteiger partial charge in [0.2, 0.25) is 5.91 Å². The molecule has 0 radical (unpaired) electrons. The lowest BCUT2D eigenvalue weighted by atomic mass is 10.0. The number of rotatable bonds is 19. The van der Waals surface area contributed by atoms with Gasteiger partial charge in [-0.2, -0.15) is 0 Å². The summed E-state index contributed by atoms with van der Waals surface area (Å²) in [6.45, 7) is 2.59. The zero-order chi connectivity index (χ0) is 20.2. The lowest BCUT2D eigenvalue weighted by Gasteiger charge is -2.14. The molecule has 0 aliphatic heterocycles. The van der Waals surface area contributed by atoms with Crippen LogP contribution in [0, 0.1) is 0 Å². The highest BCUT2D eigenvalue weighted by atomic mass is 16.4. The molecule has 2 N–H and O–H groups in total. The number of unbranched alkanes of at least 4 members (excludes halogenated alkanes) is 11. The Hall–Kier alpha value is -1.75. The van der Waals surface area contributed by atoms with Crippen molar-refractivity contribution in [1.29, 1.82) is 0 Å². The number of azide groups is 1. The van der Waals surface area contributed by atoms with E-state index in [9.17, 15) is 14.7 Å². The van der Waals surface area contributed by atoms with Crippen LogP contribution in [0.4, 0.5) is 0 Å². The molecule has 0 saturated heterocycles. The van der Waals surface area contributed by atoms with Gasteiger partial charge in [0.25, 0.3) is 0 Å². The van der Waals surface area contributed by atoms with Crippen molar-refractivity contribution in [3.05, 3.63) is 10.4 Å². The summed E-state index contributed by atoms with van der Waals surface area (Å²) in [7, 11) is 0. The Labute approximate surface area is 163 Å². The van der Waals surface area contributed by atoms with E-state index in [1.807, 2.05) is 0 Å². The van der Waals surface area contributed by atoms with Crippen LogP contribution in [0.25, 0.3) is 10.4 Å². The fourth-order valence-corrected chi connectivity index (χ4v) is 3.05. The monoisotopic (exact) mass is 382 g/mol. The van der Waals surface area contributed by atoms with E-state index in [0.29, 0.717) is 32.2 Å². The molecule has 0 aliphatic carbocycles. The summed E-state index contributed by atoms with van der Waals surface area (Å²) in [5, 5.41) is 15.2. The highest BCUT2D eigenvalue weighted by Gasteiger charge is 2.18. The molecule has 0 spiro atoms. The number of carbonyl (C=O) groups excluding carboxylic acids is 1. The number of nitrogens with one attached hydrogen (secondary N) is 1. The van der Waals surface area contributed by atoms with E-state index in [4.69, 9.17) is 5.53 Å². The predicted molar refractivity (Wildman–Crippen MR) is 109 cm³/mol. The number of carboxylic acid groups (broad SMARTS) is 1. The van der Waals surface area contributed by atoms with Gasteiger partial charge in [-0.1, -0.05) is 82.7 Å². The number of carbonyl (C=O) groups is 2. The highest BCUT2D eigenvalue weighted by Crippen LogP contribution is 2.12. The van der Waals surface area contributed by atoms with Gasteiger partial charge in [0.05, 0.1) is 0 Å². The largest absolute Gasteiger partial charge is 0.480 e. The maximum absolute atomic E-state index is 11.9. The van der Waals surface area contributed by atoms with Gasteiger partial charge >= 0.3 is 5.97 Å². The molecule has 156 valence electrons. The molecular weight excluding hydrogens is 344 g/mol. The Morgan fingerprint density at radius 3 is 2.00 bits per heavy atom. The first kappa shape index (κ1) is 25.2. The fraction of sp³-hybridized carbons (Fsp3) is 0.900. The maximum atomic E-state index is 11.9. The van der Waals surface area contributed by atoms with Gasteiger partial charge in [-0.15, -0.1) is 0 Å². The molecule has 0 fully saturated rings. The van der Waals surface area contributed by atoms with Crippen molar-refractivity contribution in [2.75, 3.05) is 6.54 Å². The lowest BCUT2D eigenvalue weighted by molar-refractivity contribution is -0.142. The summed E-state index contributed by atoms with van der Waals surface area (Å²) in [5.74, 6) is -1.19. The van der Waals surface area contributed by atoms with Gasteiger partial charge in [0.15, 0.2) is 0 Å². The van der Waals surface area contributed by atoms with Crippen molar-refractivity contribution >= 4 is 11.9 Å². The van der Waals surface area contributed by atoms with Crippen molar-refractivity contribution < 1.29 is 14.7 Å². The third kappa shape index (κ3) is 17.4. The average Bonchev–Trinajstić information content (AvgIpc) is 2.64. The first-order valence-electron chi connectivity index (χ1n) is 10.6. The topological polar surface area (TPSA) is 115 Å². The van der Waals surface area contributed by atoms with Gasteiger partial charge in [-0.25, -0.2) is 4.79 Å². The van der Waals surface area contributed by atoms with Crippen LogP contribution >= 0.6 is 0 Å². The van der Waals surface area contributed by atoms with Crippen molar-refractivity contribution in [3.63, 3.8) is 0 Å². The third-order valence-corrected chi connectivity index (χ3v) is 4.70. The molecule has 1 amide bonds. The van der Waals surface area contributed by atoms with E-state index in [2.05, 4.69) is 22.3 Å². The second-order valence-electron chi connectivity index (χ2n) is 7.19. The van der Waals surface area contributed by atoms with Crippen molar-refractivity contribution in [2.45, 2.75) is 109 Å². The van der Waals surface area contributed by atoms with Crippen molar-refractivity contribution in [2.24, 2.45) is 5.11 Å². The molecule has 0 bridgehead atoms. The normalized spacial score (nSPS) is 11.6. The van der Waals surface area contributed by atoms with E-state index >= 15 is 0 Å². The minimum Gasteiger partial charge on any atom is -0.480 e. The smallest absolute Gasteiger partial charge is 0.326 e. The van der Waals surface area contributed by atoms with Crippen molar-refractivity contribution in [3.8, 4) is 0 Å². The Morgan fingerprint density at radius 1 is 0.926 bits per heavy atom. The molecule has 1 unspecified atom stereocenters. The molecule has 0 aliphatic rings. The second kappa shape index (κ2) is 19.0. The summed E-state index contributed by atoms with van der Waals surface area (Å²) in [6.07, 6.45) is 15.4. The second-order valence-corrected chi connectivity index (χ2v) is 7.19. The Balaban J connectivity index is 3.63. The molecule has 0 rings (SSSR count). The summed E-state index contributed by atoms with van der Waals surface area (Å²) in [4.78, 5) is 25.8. The summed E-state index contributed by atoms with van der Waals surface area (Å²) in [5.41, 5.74) is 8.19. The SMILES string of the molecule is CCCCCCCCCCCCCC(=O)NC(CCCCN=[N+]=[N-])C(=O)O. The highest BCUT2D eigenvalue weighted by molar-refractivity contribution is 5.83. The molecule has 0 aromatic carbocycles. The zero-order valence-electron chi connectivity index (χ0n) is 17.0. The minimum absolute atomic E-state index is 0.187. The molecule has 27 heavy (non-hydrogen) atoms. The van der Waals surface area contributed by atoms with Crippen LogP contribution in [-0.4, -0.2) is 29.6 Å². The van der Waals surface area contributed by atoms with E-state index in [1.54, 1.807) is 0 Å². The molecule has 0 aromatic rings. The van der Waals surface area contributed by atoms with E-state index in [-0.39, 0.29) is 5.91 Å². The Kier molecular flexibility index (Phi) is 17.8. The standard InChI is InChI=1S/C20H38N4O3/c1-2-3-4-5-6-7-8-9-10-11-12-16-19(25)23-18(20(26)27)15-13-14-17-22-24-21/h18H,2-17H2,1H3,(H,23,25)(H,26,27). The van der Waals surface area contributed by atoms with E-state index < -0.39 is 12.0 Å². The molecule has 0 saturated carbocycles. The van der Waals surface area contributed by atoms with E-state index in [0.717, 1.165) is 19.3 Å². The Bertz CT molecular complexity index is 437. The van der Waals surface area contributed by atoms with Gasteiger partial charge in [0.1, 0.15) is 6.04 Å². The van der Waals surface area contributed by atoms with Gasteiger partial charge in [0, 0.05) is 17.9 Å². The first-order valence-corrected chi connectivity index (χ1v) is 10.6. The van der Waals surface area contributed by atoms with Crippen LogP contribution in [0.2, 0.25) is 0 Å². The Morgan fingerprint density at radius 2 is 1.48 bits per heavy atom. The minimum atomic E-state index is -1.01. The zero-order valence-corrected chi connectivity index (χ0v) is 17.0. The van der Waals surface area contributed by atoms with Gasteiger partial charge in [-0.05, 0) is 24.8 Å². The summed E-state index contributed by atoms with van der Waals surface area (Å²) >= 11 is 0. The number of nitrogens with zero attached hydrogens (tertiary/aromatic N) is 3.